The molecular weight excluding hydrogens is 276 g/mol. The van der Waals surface area contributed by atoms with Crippen LogP contribution in [0.5, 0.6) is 0 Å². The molecule has 0 saturated carbocycles. The van der Waals surface area contributed by atoms with E-state index in [4.69, 9.17) is 0 Å². The predicted molar refractivity (Wildman–Crippen MR) is 78.0 cm³/mol. The monoisotopic (exact) mass is 300 g/mol. The van der Waals surface area contributed by atoms with Gasteiger partial charge in [0.15, 0.2) is 5.03 Å². The molecule has 1 unspecified atom stereocenters. The van der Waals surface area contributed by atoms with Crippen molar-refractivity contribution >= 4 is 10.0 Å². The molecule has 114 valence electrons. The van der Waals surface area contributed by atoms with Crippen molar-refractivity contribution < 1.29 is 8.42 Å². The molecule has 0 radical (unpaired) electrons. The van der Waals surface area contributed by atoms with E-state index in [1.54, 1.807) is 17.1 Å². The van der Waals surface area contributed by atoms with Gasteiger partial charge in [-0.3, -0.25) is 0 Å². The first kappa shape index (κ1) is 15.5. The van der Waals surface area contributed by atoms with Gasteiger partial charge in [-0.15, -0.1) is 0 Å². The lowest BCUT2D eigenvalue weighted by Crippen LogP contribution is -2.45. The van der Waals surface area contributed by atoms with Gasteiger partial charge in [0.25, 0.3) is 10.0 Å². The number of piperidine rings is 1. The Balaban J connectivity index is 2.11. The second kappa shape index (κ2) is 6.69. The number of imidazole rings is 1. The van der Waals surface area contributed by atoms with Gasteiger partial charge in [0, 0.05) is 31.9 Å². The number of aromatic nitrogens is 2. The fourth-order valence-electron chi connectivity index (χ4n) is 2.50. The van der Waals surface area contributed by atoms with Crippen LogP contribution in [0.15, 0.2) is 17.6 Å². The molecule has 0 amide bonds. The van der Waals surface area contributed by atoms with Crippen LogP contribution in [0.1, 0.15) is 33.1 Å². The Labute approximate surface area is 121 Å². The summed E-state index contributed by atoms with van der Waals surface area (Å²) in [6.45, 7) is 6.53. The summed E-state index contributed by atoms with van der Waals surface area (Å²) in [5, 5.41) is 3.54. The van der Waals surface area contributed by atoms with Crippen molar-refractivity contribution in [2.45, 2.75) is 50.7 Å². The summed E-state index contributed by atoms with van der Waals surface area (Å²) in [5.74, 6) is 0. The van der Waals surface area contributed by atoms with Crippen LogP contribution >= 0.6 is 0 Å². The van der Waals surface area contributed by atoms with E-state index in [0.717, 1.165) is 19.5 Å². The van der Waals surface area contributed by atoms with E-state index in [1.807, 2.05) is 13.8 Å². The molecule has 1 fully saturated rings. The Bertz CT molecular complexity index is 520. The maximum atomic E-state index is 12.6. The molecule has 2 rings (SSSR count). The van der Waals surface area contributed by atoms with Crippen LogP contribution in [-0.2, 0) is 16.6 Å². The fraction of sp³-hybridized carbons (Fsp3) is 0.769. The van der Waals surface area contributed by atoms with Gasteiger partial charge in [0.1, 0.15) is 0 Å². The number of nitrogens with one attached hydrogen (secondary N) is 1. The second-order valence-corrected chi connectivity index (χ2v) is 7.03. The molecule has 20 heavy (non-hydrogen) atoms. The van der Waals surface area contributed by atoms with Gasteiger partial charge in [-0.2, -0.15) is 4.31 Å². The average Bonchev–Trinajstić information content (AvgIpc) is 2.95. The maximum absolute atomic E-state index is 12.6. The molecule has 6 nitrogen and oxygen atoms in total. The highest BCUT2D eigenvalue weighted by Gasteiger charge is 2.28. The van der Waals surface area contributed by atoms with Crippen LogP contribution in [0.25, 0.3) is 0 Å². The zero-order chi connectivity index (χ0) is 14.6. The number of rotatable bonds is 6. The summed E-state index contributed by atoms with van der Waals surface area (Å²) in [6, 6.07) is 0.256. The Morgan fingerprint density at radius 1 is 1.45 bits per heavy atom. The van der Waals surface area contributed by atoms with Crippen molar-refractivity contribution in [2.75, 3.05) is 19.6 Å². The van der Waals surface area contributed by atoms with Gasteiger partial charge in [-0.05, 0) is 26.3 Å². The highest BCUT2D eigenvalue weighted by atomic mass is 32.2. The van der Waals surface area contributed by atoms with Crippen LogP contribution in [0.4, 0.5) is 0 Å². The summed E-state index contributed by atoms with van der Waals surface area (Å²) in [7, 11) is -3.48. The minimum atomic E-state index is -3.48. The first-order valence-corrected chi connectivity index (χ1v) is 8.77. The molecule has 0 aliphatic carbocycles. The molecule has 1 atom stereocenters. The van der Waals surface area contributed by atoms with Gasteiger partial charge >= 0.3 is 0 Å². The lowest BCUT2D eigenvalue weighted by atomic mass is 10.1. The second-order valence-electron chi connectivity index (χ2n) is 5.14. The molecule has 1 N–H and O–H groups in total. The van der Waals surface area contributed by atoms with E-state index in [2.05, 4.69) is 10.3 Å². The molecule has 2 heterocycles. The van der Waals surface area contributed by atoms with Gasteiger partial charge in [0.05, 0.1) is 6.33 Å². The number of nitrogens with zero attached hydrogens (tertiary/aromatic N) is 3. The SMILES string of the molecule is CCN(CC1CCCCN1)S(=O)(=O)c1cn(CC)cn1. The van der Waals surface area contributed by atoms with Gasteiger partial charge in [-0.25, -0.2) is 13.4 Å². The molecule has 1 aromatic rings. The highest BCUT2D eigenvalue weighted by Crippen LogP contribution is 2.16. The first-order chi connectivity index (χ1) is 9.57. The normalized spacial score (nSPS) is 20.4. The van der Waals surface area contributed by atoms with Crippen molar-refractivity contribution in [2.24, 2.45) is 0 Å². The third-order valence-corrected chi connectivity index (χ3v) is 5.59. The molecule has 1 saturated heterocycles. The largest absolute Gasteiger partial charge is 0.336 e. The fourth-order valence-corrected chi connectivity index (χ4v) is 3.93. The Morgan fingerprint density at radius 2 is 2.25 bits per heavy atom. The molecule has 1 aliphatic heterocycles. The number of hydrogen-bond acceptors (Lipinski definition) is 4. The number of sulfonamides is 1. The van der Waals surface area contributed by atoms with Gasteiger partial charge < -0.3 is 9.88 Å². The maximum Gasteiger partial charge on any atom is 0.262 e. The van der Waals surface area contributed by atoms with E-state index in [9.17, 15) is 8.42 Å². The number of likely N-dealkylation sites (N-methyl/N-ethyl adjacent to an activating group) is 1. The number of hydrogen-bond donors (Lipinski definition) is 1. The van der Waals surface area contributed by atoms with Crippen LogP contribution in [0.3, 0.4) is 0 Å². The van der Waals surface area contributed by atoms with Crippen LogP contribution in [-0.4, -0.2) is 48.0 Å². The summed E-state index contributed by atoms with van der Waals surface area (Å²) in [5.41, 5.74) is 0. The summed E-state index contributed by atoms with van der Waals surface area (Å²) >= 11 is 0. The predicted octanol–water partition coefficient (Wildman–Crippen LogP) is 1.06. The Hall–Kier alpha value is -0.920. The van der Waals surface area contributed by atoms with Crippen molar-refractivity contribution in [3.8, 4) is 0 Å². The van der Waals surface area contributed by atoms with Crippen LogP contribution < -0.4 is 5.32 Å². The zero-order valence-corrected chi connectivity index (χ0v) is 13.1. The third kappa shape index (κ3) is 3.39. The number of aryl methyl sites for hydroxylation is 1. The Morgan fingerprint density at radius 3 is 2.80 bits per heavy atom. The molecule has 0 bridgehead atoms. The van der Waals surface area contributed by atoms with E-state index < -0.39 is 10.0 Å². The smallest absolute Gasteiger partial charge is 0.262 e. The summed E-state index contributed by atoms with van der Waals surface area (Å²) < 4.78 is 28.5. The lowest BCUT2D eigenvalue weighted by molar-refractivity contribution is 0.319. The van der Waals surface area contributed by atoms with Crippen molar-refractivity contribution in [3.63, 3.8) is 0 Å². The molecular formula is C13H24N4O2S. The molecule has 7 heteroatoms. The van der Waals surface area contributed by atoms with Gasteiger partial charge in [-0.1, -0.05) is 13.3 Å². The topological polar surface area (TPSA) is 67.2 Å². The van der Waals surface area contributed by atoms with Gasteiger partial charge in [0.2, 0.25) is 0 Å². The van der Waals surface area contributed by atoms with E-state index in [1.165, 1.54) is 17.1 Å². The minimum absolute atomic E-state index is 0.150. The standard InChI is InChI=1S/C13H24N4O2S/c1-3-16-10-13(15-11-16)20(18,19)17(4-2)9-12-7-5-6-8-14-12/h10-12,14H,3-9H2,1-2H3. The molecule has 1 aromatic heterocycles. The average molecular weight is 300 g/mol. The molecule has 0 aromatic carbocycles. The minimum Gasteiger partial charge on any atom is -0.336 e. The summed E-state index contributed by atoms with van der Waals surface area (Å²) in [6.07, 6.45) is 6.55. The van der Waals surface area contributed by atoms with E-state index in [-0.39, 0.29) is 11.1 Å². The zero-order valence-electron chi connectivity index (χ0n) is 12.2. The lowest BCUT2D eigenvalue weighted by Gasteiger charge is -2.28. The van der Waals surface area contributed by atoms with Crippen LogP contribution in [0, 0.1) is 0 Å². The third-order valence-electron chi connectivity index (χ3n) is 3.77. The molecule has 0 spiro atoms. The Kier molecular flexibility index (Phi) is 5.17. The summed E-state index contributed by atoms with van der Waals surface area (Å²) in [4.78, 5) is 4.03. The van der Waals surface area contributed by atoms with Crippen molar-refractivity contribution in [1.82, 2.24) is 19.2 Å². The molecule has 1 aliphatic rings. The quantitative estimate of drug-likeness (QED) is 0.853. The first-order valence-electron chi connectivity index (χ1n) is 7.33. The van der Waals surface area contributed by atoms with E-state index >= 15 is 0 Å². The van der Waals surface area contributed by atoms with Crippen molar-refractivity contribution in [1.29, 1.82) is 0 Å². The van der Waals surface area contributed by atoms with E-state index in [0.29, 0.717) is 13.1 Å². The van der Waals surface area contributed by atoms with Crippen LogP contribution in [0.2, 0.25) is 0 Å². The van der Waals surface area contributed by atoms with Crippen molar-refractivity contribution in [3.05, 3.63) is 12.5 Å². The highest BCUT2D eigenvalue weighted by molar-refractivity contribution is 7.89.